The smallest absolute Gasteiger partial charge is 0.325 e. The molecule has 2 fully saturated rings. The van der Waals surface area contributed by atoms with Gasteiger partial charge in [-0.1, -0.05) is 24.3 Å². The molecule has 2 aromatic carbocycles. The molecular weight excluding hydrogens is 384 g/mol. The third-order valence-corrected chi connectivity index (χ3v) is 8.09. The molecule has 6 heteroatoms. The molecule has 2 aliphatic rings. The molecule has 2 saturated heterocycles. The summed E-state index contributed by atoms with van der Waals surface area (Å²) in [7, 11) is 1.90. The van der Waals surface area contributed by atoms with Crippen LogP contribution < -0.4 is 0 Å². The van der Waals surface area contributed by atoms with Crippen LogP contribution >= 0.6 is 11.3 Å². The van der Waals surface area contributed by atoms with Gasteiger partial charge in [-0.25, -0.2) is 0 Å². The second-order valence-corrected chi connectivity index (χ2v) is 9.39. The predicted octanol–water partition coefficient (Wildman–Crippen LogP) is 4.27. The summed E-state index contributed by atoms with van der Waals surface area (Å²) in [5.74, 6) is -0.598. The zero-order valence-electron chi connectivity index (χ0n) is 16.4. The van der Waals surface area contributed by atoms with E-state index < -0.39 is 12.0 Å². The van der Waals surface area contributed by atoms with Crippen LogP contribution in [0.25, 0.3) is 20.2 Å². The van der Waals surface area contributed by atoms with Crippen LogP contribution in [-0.4, -0.2) is 52.5 Å². The molecule has 1 spiro atoms. The van der Waals surface area contributed by atoms with Crippen molar-refractivity contribution in [3.63, 3.8) is 0 Å². The fraction of sp³-hybridized carbons (Fsp3) is 0.391. The van der Waals surface area contributed by atoms with Crippen molar-refractivity contribution in [3.8, 4) is 0 Å². The van der Waals surface area contributed by atoms with Gasteiger partial charge in [-0.05, 0) is 43.0 Å². The highest BCUT2D eigenvalue weighted by Crippen LogP contribution is 2.41. The summed E-state index contributed by atoms with van der Waals surface area (Å²) in [5.41, 5.74) is 0.754. The SMILES string of the molecule is CN1C(=O)CCC12CCN(C(C(=O)O)c1ccc3sc4ccccc4c3c1)CC2. The summed E-state index contributed by atoms with van der Waals surface area (Å²) in [4.78, 5) is 28.3. The molecule has 1 unspecified atom stereocenters. The molecule has 29 heavy (non-hydrogen) atoms. The molecule has 3 aromatic rings. The number of carbonyl (C=O) groups excluding carboxylic acids is 1. The fourth-order valence-electron chi connectivity index (χ4n) is 5.15. The number of fused-ring (bicyclic) bond motifs is 3. The molecule has 0 radical (unpaired) electrons. The molecule has 150 valence electrons. The van der Waals surface area contributed by atoms with Crippen LogP contribution in [0.5, 0.6) is 0 Å². The zero-order valence-corrected chi connectivity index (χ0v) is 17.2. The molecule has 5 rings (SSSR count). The third kappa shape index (κ3) is 2.93. The van der Waals surface area contributed by atoms with E-state index in [-0.39, 0.29) is 11.4 Å². The number of carboxylic acid groups (broad SMARTS) is 1. The molecule has 1 amide bonds. The summed E-state index contributed by atoms with van der Waals surface area (Å²) in [6, 6.07) is 13.7. The quantitative estimate of drug-likeness (QED) is 0.703. The van der Waals surface area contributed by atoms with E-state index in [2.05, 4.69) is 29.2 Å². The number of aliphatic carboxylic acids is 1. The van der Waals surface area contributed by atoms with Gasteiger partial charge in [-0.2, -0.15) is 0 Å². The Hall–Kier alpha value is -2.44. The van der Waals surface area contributed by atoms with Crippen molar-refractivity contribution >= 4 is 43.4 Å². The van der Waals surface area contributed by atoms with Gasteiger partial charge >= 0.3 is 5.97 Å². The normalized spacial score (nSPS) is 20.7. The largest absolute Gasteiger partial charge is 0.480 e. The van der Waals surface area contributed by atoms with Gasteiger partial charge in [-0.3, -0.25) is 14.5 Å². The summed E-state index contributed by atoms with van der Waals surface area (Å²) < 4.78 is 2.41. The van der Waals surface area contributed by atoms with E-state index in [1.807, 2.05) is 30.1 Å². The molecular formula is C23H24N2O3S. The van der Waals surface area contributed by atoms with Crippen molar-refractivity contribution in [2.75, 3.05) is 20.1 Å². The zero-order chi connectivity index (χ0) is 20.2. The minimum Gasteiger partial charge on any atom is -0.480 e. The number of hydrogen-bond acceptors (Lipinski definition) is 4. The Labute approximate surface area is 173 Å². The van der Waals surface area contributed by atoms with Crippen molar-refractivity contribution in [2.24, 2.45) is 0 Å². The van der Waals surface area contributed by atoms with E-state index >= 15 is 0 Å². The van der Waals surface area contributed by atoms with E-state index in [0.717, 1.165) is 30.2 Å². The standard InChI is InChI=1S/C23H24N2O3S/c1-24-20(26)8-9-23(24)10-12-25(13-11-23)21(22(27)28)15-6-7-19-17(14-15)16-4-2-3-5-18(16)29-19/h2-7,14,21H,8-13H2,1H3,(H,27,28). The highest BCUT2D eigenvalue weighted by Gasteiger charge is 2.46. The number of benzene rings is 2. The van der Waals surface area contributed by atoms with Crippen LogP contribution in [0.3, 0.4) is 0 Å². The second kappa shape index (κ2) is 6.82. The number of hydrogen-bond donors (Lipinski definition) is 1. The Bertz CT molecular complexity index is 1110. The average Bonchev–Trinajstić information content (AvgIpc) is 3.22. The van der Waals surface area contributed by atoms with Crippen molar-refractivity contribution in [2.45, 2.75) is 37.3 Å². The van der Waals surface area contributed by atoms with Crippen molar-refractivity contribution in [1.29, 1.82) is 0 Å². The van der Waals surface area contributed by atoms with Crippen LogP contribution in [0.1, 0.15) is 37.3 Å². The van der Waals surface area contributed by atoms with Crippen LogP contribution in [0.15, 0.2) is 42.5 Å². The first kappa shape index (κ1) is 18.6. The van der Waals surface area contributed by atoms with Gasteiger partial charge in [0.25, 0.3) is 0 Å². The highest BCUT2D eigenvalue weighted by atomic mass is 32.1. The molecule has 5 nitrogen and oxygen atoms in total. The monoisotopic (exact) mass is 408 g/mol. The first-order valence-corrected chi connectivity index (χ1v) is 10.9. The van der Waals surface area contributed by atoms with E-state index in [0.29, 0.717) is 19.5 Å². The maximum absolute atomic E-state index is 12.3. The molecule has 2 aliphatic heterocycles. The Morgan fingerprint density at radius 2 is 1.79 bits per heavy atom. The van der Waals surface area contributed by atoms with E-state index in [4.69, 9.17) is 0 Å². The number of amides is 1. The lowest BCUT2D eigenvalue weighted by atomic mass is 9.84. The van der Waals surface area contributed by atoms with Gasteiger partial charge < -0.3 is 10.0 Å². The fourth-order valence-corrected chi connectivity index (χ4v) is 6.23. The second-order valence-electron chi connectivity index (χ2n) is 8.31. The molecule has 0 aliphatic carbocycles. The molecule has 3 heterocycles. The van der Waals surface area contributed by atoms with Crippen LogP contribution in [-0.2, 0) is 9.59 Å². The van der Waals surface area contributed by atoms with Crippen LogP contribution in [0.4, 0.5) is 0 Å². The van der Waals surface area contributed by atoms with E-state index in [9.17, 15) is 14.7 Å². The van der Waals surface area contributed by atoms with Crippen LogP contribution in [0.2, 0.25) is 0 Å². The maximum Gasteiger partial charge on any atom is 0.325 e. The first-order valence-electron chi connectivity index (χ1n) is 10.1. The van der Waals surface area contributed by atoms with Gasteiger partial charge in [0.15, 0.2) is 0 Å². The molecule has 1 aromatic heterocycles. The van der Waals surface area contributed by atoms with E-state index in [1.54, 1.807) is 11.3 Å². The number of nitrogens with zero attached hydrogens (tertiary/aromatic N) is 2. The van der Waals surface area contributed by atoms with Gasteiger partial charge in [0.05, 0.1) is 0 Å². The number of likely N-dealkylation sites (tertiary alicyclic amines) is 2. The summed E-state index contributed by atoms with van der Waals surface area (Å²) in [6.07, 6.45) is 3.17. The number of rotatable bonds is 3. The maximum atomic E-state index is 12.3. The number of carboxylic acids is 1. The summed E-state index contributed by atoms with van der Waals surface area (Å²) >= 11 is 1.74. The summed E-state index contributed by atoms with van der Waals surface area (Å²) in [5, 5.41) is 12.4. The number of piperidine rings is 1. The Kier molecular flexibility index (Phi) is 4.37. The molecule has 1 N–H and O–H groups in total. The summed E-state index contributed by atoms with van der Waals surface area (Å²) in [6.45, 7) is 1.38. The van der Waals surface area contributed by atoms with Crippen molar-refractivity contribution in [3.05, 3.63) is 48.0 Å². The Morgan fingerprint density at radius 1 is 1.07 bits per heavy atom. The van der Waals surface area contributed by atoms with Gasteiger partial charge in [-0.15, -0.1) is 11.3 Å². The highest BCUT2D eigenvalue weighted by molar-refractivity contribution is 7.25. The van der Waals surface area contributed by atoms with Gasteiger partial charge in [0, 0.05) is 52.3 Å². The number of thiophene rings is 1. The van der Waals surface area contributed by atoms with Gasteiger partial charge in [0.1, 0.15) is 6.04 Å². The van der Waals surface area contributed by atoms with Crippen molar-refractivity contribution < 1.29 is 14.7 Å². The Balaban J connectivity index is 1.46. The lowest BCUT2D eigenvalue weighted by molar-refractivity contribution is -0.145. The number of carbonyl (C=O) groups is 2. The topological polar surface area (TPSA) is 60.9 Å². The predicted molar refractivity (Wildman–Crippen MR) is 115 cm³/mol. The van der Waals surface area contributed by atoms with Gasteiger partial charge in [0.2, 0.25) is 5.91 Å². The Morgan fingerprint density at radius 3 is 2.48 bits per heavy atom. The van der Waals surface area contributed by atoms with E-state index in [1.165, 1.54) is 14.8 Å². The minimum absolute atomic E-state index is 0.0792. The lowest BCUT2D eigenvalue weighted by Crippen LogP contribution is -2.53. The average molecular weight is 409 g/mol. The first-order chi connectivity index (χ1) is 14.0. The lowest BCUT2D eigenvalue weighted by Gasteiger charge is -2.45. The minimum atomic E-state index is -0.810. The molecule has 1 atom stereocenters. The molecule has 0 saturated carbocycles. The molecule has 0 bridgehead atoms. The van der Waals surface area contributed by atoms with Crippen molar-refractivity contribution in [1.82, 2.24) is 9.80 Å². The third-order valence-electron chi connectivity index (χ3n) is 6.93. The van der Waals surface area contributed by atoms with Crippen LogP contribution in [0, 0.1) is 0 Å².